The van der Waals surface area contributed by atoms with Crippen LogP contribution in [0.2, 0.25) is 0 Å². The molecule has 1 atom stereocenters. The van der Waals surface area contributed by atoms with Crippen molar-refractivity contribution in [3.8, 4) is 0 Å². The third kappa shape index (κ3) is 2.96. The van der Waals surface area contributed by atoms with Crippen molar-refractivity contribution in [2.24, 2.45) is 5.92 Å². The molecule has 2 aliphatic heterocycles. The lowest BCUT2D eigenvalue weighted by Crippen LogP contribution is -2.52. The molecule has 2 aliphatic rings. The second-order valence-electron chi connectivity index (χ2n) is 6.34. The Morgan fingerprint density at radius 1 is 1.35 bits per heavy atom. The normalized spacial score (nSPS) is 26.6. The SMILES string of the molecule is CC(C)Cc1cccc(N2CCOC3(CCOC3)C2)n1. The fourth-order valence-corrected chi connectivity index (χ4v) is 3.04. The quantitative estimate of drug-likeness (QED) is 0.848. The molecule has 0 amide bonds. The second-order valence-corrected chi connectivity index (χ2v) is 6.34. The highest BCUT2D eigenvalue weighted by molar-refractivity contribution is 5.40. The maximum atomic E-state index is 5.98. The number of rotatable bonds is 3. The van der Waals surface area contributed by atoms with E-state index in [9.17, 15) is 0 Å². The van der Waals surface area contributed by atoms with Crippen LogP contribution in [0.25, 0.3) is 0 Å². The van der Waals surface area contributed by atoms with Gasteiger partial charge in [-0.2, -0.15) is 0 Å². The first kappa shape index (κ1) is 13.8. The van der Waals surface area contributed by atoms with E-state index in [1.54, 1.807) is 0 Å². The zero-order valence-electron chi connectivity index (χ0n) is 12.5. The lowest BCUT2D eigenvalue weighted by molar-refractivity contribution is -0.0581. The molecule has 4 heteroatoms. The second kappa shape index (κ2) is 5.70. The van der Waals surface area contributed by atoms with E-state index >= 15 is 0 Å². The number of morpholine rings is 1. The average Bonchev–Trinajstić information content (AvgIpc) is 2.86. The van der Waals surface area contributed by atoms with Gasteiger partial charge >= 0.3 is 0 Å². The number of hydrogen-bond donors (Lipinski definition) is 0. The number of anilines is 1. The minimum atomic E-state index is -0.103. The molecule has 2 fully saturated rings. The summed E-state index contributed by atoms with van der Waals surface area (Å²) in [5.74, 6) is 1.72. The lowest BCUT2D eigenvalue weighted by atomic mass is 10.0. The lowest BCUT2D eigenvalue weighted by Gasteiger charge is -2.40. The van der Waals surface area contributed by atoms with Crippen LogP contribution < -0.4 is 4.90 Å². The summed E-state index contributed by atoms with van der Waals surface area (Å²) >= 11 is 0. The topological polar surface area (TPSA) is 34.6 Å². The van der Waals surface area contributed by atoms with Crippen molar-refractivity contribution in [3.05, 3.63) is 23.9 Å². The van der Waals surface area contributed by atoms with Crippen LogP contribution in [0.1, 0.15) is 26.0 Å². The Morgan fingerprint density at radius 3 is 3.00 bits per heavy atom. The summed E-state index contributed by atoms with van der Waals surface area (Å²) in [7, 11) is 0. The van der Waals surface area contributed by atoms with Crippen molar-refractivity contribution in [1.29, 1.82) is 0 Å². The molecule has 0 saturated carbocycles. The molecule has 2 saturated heterocycles. The predicted molar refractivity (Wildman–Crippen MR) is 79.1 cm³/mol. The van der Waals surface area contributed by atoms with Gasteiger partial charge in [0.05, 0.1) is 19.8 Å². The van der Waals surface area contributed by atoms with Gasteiger partial charge in [-0.15, -0.1) is 0 Å². The third-order valence-corrected chi connectivity index (χ3v) is 4.05. The first-order chi connectivity index (χ1) is 9.67. The Bertz CT molecular complexity index is 456. The molecule has 0 bridgehead atoms. The van der Waals surface area contributed by atoms with E-state index in [0.29, 0.717) is 5.92 Å². The van der Waals surface area contributed by atoms with Crippen LogP contribution in [0, 0.1) is 5.92 Å². The van der Waals surface area contributed by atoms with E-state index in [-0.39, 0.29) is 5.60 Å². The smallest absolute Gasteiger partial charge is 0.128 e. The standard InChI is InChI=1S/C16H24N2O2/c1-13(2)10-14-4-3-5-15(17-14)18-7-9-20-16(11-18)6-8-19-12-16/h3-5,13H,6-12H2,1-2H3. The monoisotopic (exact) mass is 276 g/mol. The largest absolute Gasteiger partial charge is 0.378 e. The van der Waals surface area contributed by atoms with Crippen molar-refractivity contribution in [2.45, 2.75) is 32.3 Å². The fourth-order valence-electron chi connectivity index (χ4n) is 3.04. The summed E-state index contributed by atoms with van der Waals surface area (Å²) in [6, 6.07) is 6.35. The highest BCUT2D eigenvalue weighted by Crippen LogP contribution is 2.29. The number of pyridine rings is 1. The maximum absolute atomic E-state index is 5.98. The molecule has 0 aliphatic carbocycles. The molecule has 0 radical (unpaired) electrons. The van der Waals surface area contributed by atoms with Crippen LogP contribution in [0.4, 0.5) is 5.82 Å². The molecule has 3 rings (SSSR count). The molecule has 4 nitrogen and oxygen atoms in total. The molecule has 1 aromatic heterocycles. The molecule has 0 N–H and O–H groups in total. The van der Waals surface area contributed by atoms with Gasteiger partial charge in [-0.05, 0) is 24.5 Å². The Kier molecular flexibility index (Phi) is 3.94. The molecular weight excluding hydrogens is 252 g/mol. The van der Waals surface area contributed by atoms with E-state index in [1.165, 1.54) is 5.69 Å². The minimum absolute atomic E-state index is 0.103. The van der Waals surface area contributed by atoms with Crippen LogP contribution in [0.15, 0.2) is 18.2 Å². The zero-order chi connectivity index (χ0) is 14.0. The fraction of sp³-hybridized carbons (Fsp3) is 0.688. The summed E-state index contributed by atoms with van der Waals surface area (Å²) < 4.78 is 11.5. The van der Waals surface area contributed by atoms with Gasteiger partial charge in [-0.25, -0.2) is 4.98 Å². The molecule has 3 heterocycles. The molecule has 1 aromatic rings. The average molecular weight is 276 g/mol. The van der Waals surface area contributed by atoms with Crippen LogP contribution in [-0.2, 0) is 15.9 Å². The van der Waals surface area contributed by atoms with Crippen molar-refractivity contribution in [3.63, 3.8) is 0 Å². The van der Waals surface area contributed by atoms with Gasteiger partial charge in [-0.3, -0.25) is 0 Å². The number of nitrogens with zero attached hydrogens (tertiary/aromatic N) is 2. The predicted octanol–water partition coefficient (Wildman–Crippen LogP) is 2.28. The van der Waals surface area contributed by atoms with Gasteiger partial charge in [0.25, 0.3) is 0 Å². The van der Waals surface area contributed by atoms with Gasteiger partial charge in [0, 0.05) is 25.3 Å². The Balaban J connectivity index is 1.74. The molecule has 20 heavy (non-hydrogen) atoms. The van der Waals surface area contributed by atoms with Gasteiger partial charge in [0.2, 0.25) is 0 Å². The van der Waals surface area contributed by atoms with Gasteiger partial charge < -0.3 is 14.4 Å². The van der Waals surface area contributed by atoms with E-state index in [0.717, 1.165) is 51.6 Å². The van der Waals surface area contributed by atoms with Crippen molar-refractivity contribution < 1.29 is 9.47 Å². The van der Waals surface area contributed by atoms with Crippen molar-refractivity contribution in [2.75, 3.05) is 37.8 Å². The third-order valence-electron chi connectivity index (χ3n) is 4.05. The maximum Gasteiger partial charge on any atom is 0.128 e. The first-order valence-electron chi connectivity index (χ1n) is 7.59. The van der Waals surface area contributed by atoms with Gasteiger partial charge in [0.15, 0.2) is 0 Å². The molecule has 1 unspecified atom stereocenters. The highest BCUT2D eigenvalue weighted by atomic mass is 16.6. The van der Waals surface area contributed by atoms with Crippen LogP contribution >= 0.6 is 0 Å². The zero-order valence-corrected chi connectivity index (χ0v) is 12.5. The highest BCUT2D eigenvalue weighted by Gasteiger charge is 2.40. The summed E-state index contributed by atoms with van der Waals surface area (Å²) in [5, 5.41) is 0. The van der Waals surface area contributed by atoms with Crippen LogP contribution in [0.3, 0.4) is 0 Å². The van der Waals surface area contributed by atoms with E-state index in [2.05, 4.69) is 36.9 Å². The molecule has 1 spiro atoms. The van der Waals surface area contributed by atoms with E-state index < -0.39 is 0 Å². The van der Waals surface area contributed by atoms with Gasteiger partial charge in [-0.1, -0.05) is 19.9 Å². The van der Waals surface area contributed by atoms with E-state index in [4.69, 9.17) is 14.5 Å². The Morgan fingerprint density at radius 2 is 2.25 bits per heavy atom. The summed E-state index contributed by atoms with van der Waals surface area (Å²) in [5.41, 5.74) is 1.08. The van der Waals surface area contributed by atoms with Crippen LogP contribution in [0.5, 0.6) is 0 Å². The Hall–Kier alpha value is -1.13. The van der Waals surface area contributed by atoms with E-state index in [1.807, 2.05) is 0 Å². The summed E-state index contributed by atoms with van der Waals surface area (Å²) in [6.07, 6.45) is 2.03. The minimum Gasteiger partial charge on any atom is -0.378 e. The first-order valence-corrected chi connectivity index (χ1v) is 7.59. The molecule has 0 aromatic carbocycles. The summed E-state index contributed by atoms with van der Waals surface area (Å²) in [6.45, 7) is 8.57. The Labute approximate surface area is 121 Å². The van der Waals surface area contributed by atoms with Crippen LogP contribution in [-0.4, -0.2) is 43.5 Å². The summed E-state index contributed by atoms with van der Waals surface area (Å²) in [4.78, 5) is 7.17. The molecular formula is C16H24N2O2. The number of hydrogen-bond acceptors (Lipinski definition) is 4. The van der Waals surface area contributed by atoms with Crippen molar-refractivity contribution in [1.82, 2.24) is 4.98 Å². The van der Waals surface area contributed by atoms with Crippen molar-refractivity contribution >= 4 is 5.82 Å². The molecule has 110 valence electrons. The number of aromatic nitrogens is 1. The number of ether oxygens (including phenoxy) is 2. The van der Waals surface area contributed by atoms with Gasteiger partial charge in [0.1, 0.15) is 11.4 Å².